The number of rotatable bonds is 6. The Morgan fingerprint density at radius 3 is 2.65 bits per heavy atom. The molecule has 0 saturated carbocycles. The molecule has 0 spiro atoms. The second kappa shape index (κ2) is 6.40. The Morgan fingerprint density at radius 2 is 2.12 bits per heavy atom. The van der Waals surface area contributed by atoms with E-state index >= 15 is 0 Å². The number of nitrogens with two attached hydrogens (primary N) is 1. The third-order valence-corrected chi connectivity index (χ3v) is 3.11. The number of benzene rings is 1. The average Bonchev–Trinajstić information content (AvgIpc) is 2.26. The molecule has 0 bridgehead atoms. The first-order valence-electron chi connectivity index (χ1n) is 6.01. The van der Waals surface area contributed by atoms with Crippen LogP contribution in [0.1, 0.15) is 29.5 Å². The summed E-state index contributed by atoms with van der Waals surface area (Å²) in [6.45, 7) is 4.70. The number of aryl methyl sites for hydroxylation is 2. The van der Waals surface area contributed by atoms with Gasteiger partial charge in [0.2, 0.25) is 0 Å². The minimum absolute atomic E-state index is 0.201. The lowest BCUT2D eigenvalue weighted by Gasteiger charge is -2.15. The first-order chi connectivity index (χ1) is 8.02. The van der Waals surface area contributed by atoms with Gasteiger partial charge in [-0.05, 0) is 50.3 Å². The number of aliphatic carboxylic acids is 1. The largest absolute Gasteiger partial charge is 0.481 e. The summed E-state index contributed by atoms with van der Waals surface area (Å²) in [7, 11) is 0. The van der Waals surface area contributed by atoms with Crippen molar-refractivity contribution in [1.29, 1.82) is 0 Å². The molecular weight excluding hydrogens is 214 g/mol. The van der Waals surface area contributed by atoms with Crippen molar-refractivity contribution < 1.29 is 9.90 Å². The summed E-state index contributed by atoms with van der Waals surface area (Å²) in [6.07, 6.45) is 1.72. The molecule has 3 N–H and O–H groups in total. The molecule has 0 aliphatic carbocycles. The van der Waals surface area contributed by atoms with Crippen LogP contribution in [0.25, 0.3) is 0 Å². The predicted octanol–water partition coefficient (Wildman–Crippen LogP) is 2.29. The van der Waals surface area contributed by atoms with Crippen molar-refractivity contribution in [1.82, 2.24) is 0 Å². The van der Waals surface area contributed by atoms with Crippen LogP contribution in [0.5, 0.6) is 0 Å². The van der Waals surface area contributed by atoms with Crippen LogP contribution >= 0.6 is 0 Å². The van der Waals surface area contributed by atoms with E-state index in [-0.39, 0.29) is 12.3 Å². The monoisotopic (exact) mass is 235 g/mol. The highest BCUT2D eigenvalue weighted by Crippen LogP contribution is 2.17. The molecule has 0 fully saturated rings. The van der Waals surface area contributed by atoms with Crippen LogP contribution in [0.2, 0.25) is 0 Å². The minimum Gasteiger partial charge on any atom is -0.481 e. The van der Waals surface area contributed by atoms with Crippen molar-refractivity contribution >= 4 is 5.97 Å². The number of carboxylic acids is 1. The highest BCUT2D eigenvalue weighted by Gasteiger charge is 2.11. The quantitative estimate of drug-likeness (QED) is 0.795. The predicted molar refractivity (Wildman–Crippen MR) is 69.0 cm³/mol. The van der Waals surface area contributed by atoms with Crippen LogP contribution in [-0.4, -0.2) is 17.6 Å². The molecule has 3 nitrogen and oxygen atoms in total. The Labute approximate surface area is 103 Å². The normalized spacial score (nSPS) is 12.4. The van der Waals surface area contributed by atoms with E-state index < -0.39 is 5.97 Å². The number of hydrogen-bond donors (Lipinski definition) is 2. The highest BCUT2D eigenvalue weighted by molar-refractivity contribution is 5.66. The fourth-order valence-corrected chi connectivity index (χ4v) is 2.02. The lowest BCUT2D eigenvalue weighted by molar-refractivity contribution is -0.137. The Morgan fingerprint density at radius 1 is 1.41 bits per heavy atom. The molecule has 1 rings (SSSR count). The molecule has 3 heteroatoms. The molecule has 0 aliphatic rings. The van der Waals surface area contributed by atoms with E-state index in [2.05, 4.69) is 32.0 Å². The molecule has 94 valence electrons. The van der Waals surface area contributed by atoms with Crippen LogP contribution in [0.4, 0.5) is 0 Å². The Kier molecular flexibility index (Phi) is 5.16. The van der Waals surface area contributed by atoms with E-state index in [0.717, 1.165) is 6.42 Å². The molecule has 0 amide bonds. The van der Waals surface area contributed by atoms with E-state index in [9.17, 15) is 4.79 Å². The van der Waals surface area contributed by atoms with Gasteiger partial charge in [0.15, 0.2) is 0 Å². The van der Waals surface area contributed by atoms with Crippen LogP contribution in [0.3, 0.4) is 0 Å². The van der Waals surface area contributed by atoms with Gasteiger partial charge in [-0.25, -0.2) is 0 Å². The van der Waals surface area contributed by atoms with Gasteiger partial charge in [-0.2, -0.15) is 0 Å². The summed E-state index contributed by atoms with van der Waals surface area (Å²) in [4.78, 5) is 10.5. The van der Waals surface area contributed by atoms with Gasteiger partial charge in [-0.1, -0.05) is 23.8 Å². The SMILES string of the molecule is Cc1ccc(CC(CN)CCC(=O)O)c(C)c1. The van der Waals surface area contributed by atoms with Crippen LogP contribution in [0.15, 0.2) is 18.2 Å². The first kappa shape index (κ1) is 13.7. The first-order valence-corrected chi connectivity index (χ1v) is 6.01. The van der Waals surface area contributed by atoms with Crippen molar-refractivity contribution in [2.75, 3.05) is 6.54 Å². The van der Waals surface area contributed by atoms with Gasteiger partial charge in [-0.15, -0.1) is 0 Å². The second-order valence-corrected chi connectivity index (χ2v) is 4.67. The van der Waals surface area contributed by atoms with E-state index in [1.165, 1.54) is 16.7 Å². The number of carboxylic acid groups (broad SMARTS) is 1. The molecule has 1 aromatic carbocycles. The third kappa shape index (κ3) is 4.57. The van der Waals surface area contributed by atoms with Gasteiger partial charge >= 0.3 is 5.97 Å². The smallest absolute Gasteiger partial charge is 0.303 e. The van der Waals surface area contributed by atoms with Gasteiger partial charge in [0, 0.05) is 6.42 Å². The summed E-state index contributed by atoms with van der Waals surface area (Å²) in [5, 5.41) is 8.67. The molecule has 1 unspecified atom stereocenters. The van der Waals surface area contributed by atoms with Gasteiger partial charge in [0.1, 0.15) is 0 Å². The molecule has 0 saturated heterocycles. The Bertz CT molecular complexity index is 388. The maximum atomic E-state index is 10.5. The fourth-order valence-electron chi connectivity index (χ4n) is 2.02. The van der Waals surface area contributed by atoms with E-state index in [1.54, 1.807) is 0 Å². The van der Waals surface area contributed by atoms with Crippen molar-refractivity contribution in [3.8, 4) is 0 Å². The van der Waals surface area contributed by atoms with Gasteiger partial charge in [0.05, 0.1) is 0 Å². The zero-order valence-corrected chi connectivity index (χ0v) is 10.6. The molecule has 17 heavy (non-hydrogen) atoms. The standard InChI is InChI=1S/C14H21NO2/c1-10-3-5-13(11(2)7-10)8-12(9-15)4-6-14(16)17/h3,5,7,12H,4,6,8-9,15H2,1-2H3,(H,16,17). The van der Waals surface area contributed by atoms with Crippen molar-refractivity contribution in [3.05, 3.63) is 34.9 Å². The van der Waals surface area contributed by atoms with Gasteiger partial charge in [-0.3, -0.25) is 4.79 Å². The molecular formula is C14H21NO2. The minimum atomic E-state index is -0.746. The van der Waals surface area contributed by atoms with Crippen molar-refractivity contribution in [2.45, 2.75) is 33.1 Å². The summed E-state index contributed by atoms with van der Waals surface area (Å²) < 4.78 is 0. The summed E-state index contributed by atoms with van der Waals surface area (Å²) in [5.74, 6) is -0.489. The lowest BCUT2D eigenvalue weighted by atomic mass is 9.92. The van der Waals surface area contributed by atoms with E-state index in [1.807, 2.05) is 0 Å². The van der Waals surface area contributed by atoms with E-state index in [4.69, 9.17) is 10.8 Å². The zero-order chi connectivity index (χ0) is 12.8. The summed E-state index contributed by atoms with van der Waals surface area (Å²) in [6, 6.07) is 6.36. The van der Waals surface area contributed by atoms with Crippen molar-refractivity contribution in [2.24, 2.45) is 11.7 Å². The van der Waals surface area contributed by atoms with Crippen LogP contribution < -0.4 is 5.73 Å². The van der Waals surface area contributed by atoms with Gasteiger partial charge in [0.25, 0.3) is 0 Å². The zero-order valence-electron chi connectivity index (χ0n) is 10.6. The molecule has 0 radical (unpaired) electrons. The maximum absolute atomic E-state index is 10.5. The molecule has 0 aromatic heterocycles. The molecule has 0 aliphatic heterocycles. The topological polar surface area (TPSA) is 63.3 Å². The maximum Gasteiger partial charge on any atom is 0.303 e. The number of hydrogen-bond acceptors (Lipinski definition) is 2. The Hall–Kier alpha value is -1.35. The Balaban J connectivity index is 2.63. The van der Waals surface area contributed by atoms with Crippen molar-refractivity contribution in [3.63, 3.8) is 0 Å². The lowest BCUT2D eigenvalue weighted by Crippen LogP contribution is -2.18. The summed E-state index contributed by atoms with van der Waals surface area (Å²) in [5.41, 5.74) is 9.48. The fraction of sp³-hybridized carbons (Fsp3) is 0.500. The number of carbonyl (C=O) groups is 1. The second-order valence-electron chi connectivity index (χ2n) is 4.67. The van der Waals surface area contributed by atoms with Gasteiger partial charge < -0.3 is 10.8 Å². The van der Waals surface area contributed by atoms with Crippen LogP contribution in [0, 0.1) is 19.8 Å². The molecule has 1 atom stereocenters. The average molecular weight is 235 g/mol. The summed E-state index contributed by atoms with van der Waals surface area (Å²) >= 11 is 0. The third-order valence-electron chi connectivity index (χ3n) is 3.11. The van der Waals surface area contributed by atoms with Crippen LogP contribution in [-0.2, 0) is 11.2 Å². The highest BCUT2D eigenvalue weighted by atomic mass is 16.4. The molecule has 0 heterocycles. The van der Waals surface area contributed by atoms with E-state index in [0.29, 0.717) is 13.0 Å². The molecule has 1 aromatic rings.